The van der Waals surface area contributed by atoms with Gasteiger partial charge in [-0.2, -0.15) is 0 Å². The largest absolute Gasteiger partial charge is 0.298 e. The lowest BCUT2D eigenvalue weighted by molar-refractivity contribution is -0.758. The molecule has 4 nitrogen and oxygen atoms in total. The van der Waals surface area contributed by atoms with Crippen molar-refractivity contribution in [2.24, 2.45) is 5.92 Å². The first-order chi connectivity index (χ1) is 8.56. The monoisotopic (exact) mass is 253 g/mol. The maximum atomic E-state index is 4.60. The number of aryl methyl sites for hydroxylation is 2. The van der Waals surface area contributed by atoms with Gasteiger partial charge in [0, 0.05) is 13.8 Å². The normalized spacial score (nSPS) is 11.2. The summed E-state index contributed by atoms with van der Waals surface area (Å²) in [5, 5.41) is 4.60. The van der Waals surface area contributed by atoms with Gasteiger partial charge in [-0.15, -0.1) is 9.36 Å². The zero-order valence-corrected chi connectivity index (χ0v) is 12.7. The van der Waals surface area contributed by atoms with E-state index in [4.69, 9.17) is 0 Å². The van der Waals surface area contributed by atoms with Crippen LogP contribution in [0.4, 0.5) is 0 Å². The Morgan fingerprint density at radius 1 is 1.28 bits per heavy atom. The van der Waals surface area contributed by atoms with Crippen LogP contribution in [0.5, 0.6) is 0 Å². The average Bonchev–Trinajstić information content (AvgIpc) is 2.58. The van der Waals surface area contributed by atoms with Gasteiger partial charge < -0.3 is 0 Å². The van der Waals surface area contributed by atoms with Crippen molar-refractivity contribution < 1.29 is 4.68 Å². The third-order valence-corrected chi connectivity index (χ3v) is 3.25. The quantitative estimate of drug-likeness (QED) is 0.570. The minimum absolute atomic E-state index is 0.722. The lowest BCUT2D eigenvalue weighted by Crippen LogP contribution is -2.40. The molecule has 0 unspecified atom stereocenters. The first kappa shape index (κ1) is 15.0. The van der Waals surface area contributed by atoms with Gasteiger partial charge in [-0.25, -0.2) is 0 Å². The Morgan fingerprint density at radius 3 is 2.61 bits per heavy atom. The first-order valence-corrected chi connectivity index (χ1v) is 7.26. The second kappa shape index (κ2) is 7.39. The molecular weight excluding hydrogens is 224 g/mol. The highest BCUT2D eigenvalue weighted by atomic mass is 15.5. The maximum absolute atomic E-state index is 4.60. The van der Waals surface area contributed by atoms with Crippen LogP contribution in [-0.4, -0.2) is 16.3 Å². The number of hydrogen-bond acceptors (Lipinski definition) is 2. The van der Waals surface area contributed by atoms with E-state index < -0.39 is 0 Å². The zero-order valence-electron chi connectivity index (χ0n) is 12.7. The summed E-state index contributed by atoms with van der Waals surface area (Å²) in [5.74, 6) is 2.97. The smallest absolute Gasteiger partial charge is 0.254 e. The number of nitrogens with zero attached hydrogens (tertiary/aromatic N) is 3. The predicted octanol–water partition coefficient (Wildman–Crippen LogP) is 2.57. The van der Waals surface area contributed by atoms with Crippen LogP contribution in [0.25, 0.3) is 0 Å². The van der Waals surface area contributed by atoms with E-state index in [0.717, 1.165) is 24.8 Å². The number of rotatable bonds is 8. The van der Waals surface area contributed by atoms with Crippen molar-refractivity contribution >= 4 is 0 Å². The fraction of sp³-hybridized carbons (Fsp3) is 0.857. The van der Waals surface area contributed by atoms with Crippen molar-refractivity contribution in [2.45, 2.75) is 66.8 Å². The molecule has 1 aromatic rings. The van der Waals surface area contributed by atoms with Gasteiger partial charge in [-0.3, -0.25) is 5.43 Å². The van der Waals surface area contributed by atoms with Crippen LogP contribution in [0.3, 0.4) is 0 Å². The molecule has 4 heteroatoms. The molecule has 104 valence electrons. The van der Waals surface area contributed by atoms with Crippen LogP contribution in [0.2, 0.25) is 0 Å². The topological polar surface area (TPSA) is 33.7 Å². The van der Waals surface area contributed by atoms with E-state index in [1.54, 1.807) is 0 Å². The third kappa shape index (κ3) is 4.31. The molecule has 0 atom stereocenters. The Balaban J connectivity index is 2.57. The van der Waals surface area contributed by atoms with E-state index in [-0.39, 0.29) is 0 Å². The average molecular weight is 253 g/mol. The van der Waals surface area contributed by atoms with Crippen LogP contribution in [0, 0.1) is 19.8 Å². The number of hydrogen-bond donors (Lipinski definition) is 1. The standard InChI is InChI=1S/C14H29N4/c1-6-7-8-10-15-18-13(4)16-17(14(18)5)11-9-12(2)3/h12,15H,6-11H2,1-5H3/q+1. The lowest BCUT2D eigenvalue weighted by Gasteiger charge is -2.04. The molecule has 0 saturated heterocycles. The molecule has 1 heterocycles. The molecule has 0 spiro atoms. The van der Waals surface area contributed by atoms with Crippen molar-refractivity contribution in [1.29, 1.82) is 0 Å². The van der Waals surface area contributed by atoms with Gasteiger partial charge in [0.25, 0.3) is 11.6 Å². The Bertz CT molecular complexity index is 355. The molecule has 0 saturated carbocycles. The Labute approximate surface area is 111 Å². The summed E-state index contributed by atoms with van der Waals surface area (Å²) < 4.78 is 4.23. The molecule has 18 heavy (non-hydrogen) atoms. The third-order valence-electron chi connectivity index (χ3n) is 3.25. The summed E-state index contributed by atoms with van der Waals surface area (Å²) in [6, 6.07) is 0. The number of unbranched alkanes of at least 4 members (excludes halogenated alkanes) is 2. The SMILES string of the molecule is CCCCCNn1c(C)n[n+](CCC(C)C)c1C. The Hall–Kier alpha value is -1.06. The summed E-state index contributed by atoms with van der Waals surface area (Å²) in [6.07, 6.45) is 4.95. The number of aromatic nitrogens is 3. The van der Waals surface area contributed by atoms with Gasteiger partial charge >= 0.3 is 0 Å². The molecule has 1 N–H and O–H groups in total. The maximum Gasteiger partial charge on any atom is 0.298 e. The Kier molecular flexibility index (Phi) is 6.16. The molecule has 0 aliphatic rings. The molecular formula is C14H29N4+. The first-order valence-electron chi connectivity index (χ1n) is 7.26. The molecule has 0 fully saturated rings. The number of nitrogens with one attached hydrogen (secondary N) is 1. The zero-order chi connectivity index (χ0) is 13.5. The van der Waals surface area contributed by atoms with Crippen molar-refractivity contribution in [3.63, 3.8) is 0 Å². The molecule has 0 aliphatic heterocycles. The van der Waals surface area contributed by atoms with E-state index in [1.165, 1.54) is 31.5 Å². The molecule has 1 aromatic heterocycles. The fourth-order valence-electron chi connectivity index (χ4n) is 2.03. The predicted molar refractivity (Wildman–Crippen MR) is 75.1 cm³/mol. The van der Waals surface area contributed by atoms with E-state index in [2.05, 4.69) is 54.5 Å². The van der Waals surface area contributed by atoms with Crippen molar-refractivity contribution in [3.05, 3.63) is 11.6 Å². The van der Waals surface area contributed by atoms with Gasteiger partial charge in [-0.05, 0) is 23.9 Å². The van der Waals surface area contributed by atoms with Crippen LogP contribution in [0.15, 0.2) is 0 Å². The van der Waals surface area contributed by atoms with Crippen LogP contribution in [0.1, 0.15) is 58.1 Å². The summed E-state index contributed by atoms with van der Waals surface area (Å²) in [4.78, 5) is 0. The van der Waals surface area contributed by atoms with Crippen molar-refractivity contribution in [2.75, 3.05) is 12.0 Å². The van der Waals surface area contributed by atoms with Gasteiger partial charge in [-0.1, -0.05) is 33.6 Å². The van der Waals surface area contributed by atoms with Gasteiger partial charge in [0.2, 0.25) is 0 Å². The molecule has 0 radical (unpaired) electrons. The van der Waals surface area contributed by atoms with Gasteiger partial charge in [0.05, 0.1) is 6.54 Å². The van der Waals surface area contributed by atoms with E-state index in [0.29, 0.717) is 0 Å². The summed E-state index contributed by atoms with van der Waals surface area (Å²) >= 11 is 0. The Morgan fingerprint density at radius 2 is 2.00 bits per heavy atom. The van der Waals surface area contributed by atoms with Crippen LogP contribution < -0.4 is 10.1 Å². The second-order valence-electron chi connectivity index (χ2n) is 5.45. The second-order valence-corrected chi connectivity index (χ2v) is 5.45. The molecule has 0 amide bonds. The summed E-state index contributed by atoms with van der Waals surface area (Å²) in [7, 11) is 0. The van der Waals surface area contributed by atoms with E-state index in [1.807, 2.05) is 0 Å². The highest BCUT2D eigenvalue weighted by molar-refractivity contribution is 4.90. The highest BCUT2D eigenvalue weighted by Crippen LogP contribution is 2.01. The highest BCUT2D eigenvalue weighted by Gasteiger charge is 2.18. The minimum Gasteiger partial charge on any atom is -0.254 e. The van der Waals surface area contributed by atoms with Crippen molar-refractivity contribution in [3.8, 4) is 0 Å². The lowest BCUT2D eigenvalue weighted by atomic mass is 10.1. The molecule has 1 rings (SSSR count). The van der Waals surface area contributed by atoms with Crippen LogP contribution >= 0.6 is 0 Å². The summed E-state index contributed by atoms with van der Waals surface area (Å²) in [5.41, 5.74) is 3.46. The van der Waals surface area contributed by atoms with Crippen LogP contribution in [-0.2, 0) is 6.54 Å². The van der Waals surface area contributed by atoms with Gasteiger partial charge in [0.15, 0.2) is 0 Å². The molecule has 0 aromatic carbocycles. The summed E-state index contributed by atoms with van der Waals surface area (Å²) in [6.45, 7) is 13.0. The minimum atomic E-state index is 0.722. The van der Waals surface area contributed by atoms with E-state index in [9.17, 15) is 0 Å². The fourth-order valence-corrected chi connectivity index (χ4v) is 2.03. The van der Waals surface area contributed by atoms with Crippen molar-refractivity contribution in [1.82, 2.24) is 9.77 Å². The molecule has 0 bridgehead atoms. The van der Waals surface area contributed by atoms with Gasteiger partial charge in [0.1, 0.15) is 6.54 Å². The molecule has 0 aliphatic carbocycles. The van der Waals surface area contributed by atoms with E-state index >= 15 is 0 Å².